The first-order chi connectivity index (χ1) is 51.7. The van der Waals surface area contributed by atoms with Crippen molar-refractivity contribution in [1.29, 1.82) is 0 Å². The number of rotatable bonds is 76. The van der Waals surface area contributed by atoms with Crippen molar-refractivity contribution in [3.05, 3.63) is 146 Å². The fraction of sp³-hybridized carbons (Fsp3) is 0.678. The van der Waals surface area contributed by atoms with Crippen LogP contribution in [0.1, 0.15) is 323 Å². The van der Waals surface area contributed by atoms with Gasteiger partial charge in [0.15, 0.2) is 12.2 Å². The molecule has 3 N–H and O–H groups in total. The number of phosphoric acid groups is 2. The summed E-state index contributed by atoms with van der Waals surface area (Å²) in [5.74, 6) is -2.26. The first kappa shape index (κ1) is 101. The van der Waals surface area contributed by atoms with Crippen LogP contribution in [-0.2, 0) is 65.4 Å². The quantitative estimate of drug-likeness (QED) is 0.0169. The zero-order chi connectivity index (χ0) is 77.4. The number of hydrogen-bond donors (Lipinski definition) is 3. The predicted octanol–water partition coefficient (Wildman–Crippen LogP) is 24.2. The van der Waals surface area contributed by atoms with E-state index in [1.54, 1.807) is 0 Å². The Bertz CT molecular complexity index is 2580. The Kier molecular flexibility index (Phi) is 74.3. The molecule has 0 heterocycles. The Morgan fingerprint density at radius 2 is 0.491 bits per heavy atom. The molecule has 0 aliphatic heterocycles. The van der Waals surface area contributed by atoms with Crippen LogP contribution in [0.4, 0.5) is 0 Å². The summed E-state index contributed by atoms with van der Waals surface area (Å²) < 4.78 is 68.6. The van der Waals surface area contributed by atoms with E-state index >= 15 is 0 Å². The number of carbonyl (C=O) groups excluding carboxylic acids is 4. The van der Waals surface area contributed by atoms with Gasteiger partial charge in [-0.1, -0.05) is 296 Å². The van der Waals surface area contributed by atoms with E-state index in [2.05, 4.69) is 174 Å². The maximum absolute atomic E-state index is 13.1. The number of carbonyl (C=O) groups is 4. The molecule has 0 aliphatic carbocycles. The third kappa shape index (κ3) is 77.1. The summed E-state index contributed by atoms with van der Waals surface area (Å²) in [5.41, 5.74) is 0. The van der Waals surface area contributed by atoms with Crippen molar-refractivity contribution in [2.45, 2.75) is 341 Å². The molecule has 0 saturated carbocycles. The van der Waals surface area contributed by atoms with Gasteiger partial charge in [-0.2, -0.15) is 0 Å². The monoisotopic (exact) mass is 1530 g/mol. The lowest BCUT2D eigenvalue weighted by Crippen LogP contribution is -2.30. The van der Waals surface area contributed by atoms with Crippen LogP contribution in [-0.4, -0.2) is 96.7 Å². The third-order valence-electron chi connectivity index (χ3n) is 16.8. The minimum absolute atomic E-state index is 0.0483. The summed E-state index contributed by atoms with van der Waals surface area (Å²) >= 11 is 0. The van der Waals surface area contributed by atoms with Gasteiger partial charge in [0.2, 0.25) is 0 Å². The highest BCUT2D eigenvalue weighted by atomic mass is 31.2. The topological polar surface area (TPSA) is 237 Å². The zero-order valence-corrected chi connectivity index (χ0v) is 68.1. The number of aliphatic hydroxyl groups is 1. The second kappa shape index (κ2) is 78.1. The molecule has 0 saturated heterocycles. The Labute approximate surface area is 643 Å². The fourth-order valence-electron chi connectivity index (χ4n) is 10.6. The van der Waals surface area contributed by atoms with Crippen molar-refractivity contribution in [3.8, 4) is 0 Å². The van der Waals surface area contributed by atoms with E-state index in [1.807, 2.05) is 0 Å². The van der Waals surface area contributed by atoms with Crippen LogP contribution in [0.25, 0.3) is 0 Å². The van der Waals surface area contributed by atoms with Gasteiger partial charge in [0.05, 0.1) is 26.4 Å². The Balaban J connectivity index is 5.45. The largest absolute Gasteiger partial charge is 0.472 e. The first-order valence-electron chi connectivity index (χ1n) is 41.1. The molecule has 0 fully saturated rings. The lowest BCUT2D eigenvalue weighted by molar-refractivity contribution is -0.161. The number of hydrogen-bond acceptors (Lipinski definition) is 15. The van der Waals surface area contributed by atoms with Crippen LogP contribution in [0.3, 0.4) is 0 Å². The van der Waals surface area contributed by atoms with Gasteiger partial charge in [0.25, 0.3) is 0 Å². The molecule has 0 aromatic heterocycles. The first-order valence-corrected chi connectivity index (χ1v) is 44.1. The van der Waals surface area contributed by atoms with Gasteiger partial charge in [-0.3, -0.25) is 37.3 Å². The Morgan fingerprint density at radius 3 is 0.783 bits per heavy atom. The summed E-state index contributed by atoms with van der Waals surface area (Å²) in [4.78, 5) is 73.1. The molecule has 17 nitrogen and oxygen atoms in total. The van der Waals surface area contributed by atoms with E-state index in [9.17, 15) is 43.2 Å². The number of allylic oxidation sites excluding steroid dienone is 24. The summed E-state index contributed by atoms with van der Waals surface area (Å²) in [7, 11) is -9.99. The molecule has 5 atom stereocenters. The average molecular weight is 1530 g/mol. The minimum atomic E-state index is -5.00. The van der Waals surface area contributed by atoms with Crippen LogP contribution in [0.5, 0.6) is 0 Å². The Morgan fingerprint density at radius 1 is 0.274 bits per heavy atom. The van der Waals surface area contributed by atoms with E-state index in [4.69, 9.17) is 37.0 Å². The van der Waals surface area contributed by atoms with Gasteiger partial charge in [-0.05, 0) is 148 Å². The van der Waals surface area contributed by atoms with Gasteiger partial charge in [0.1, 0.15) is 19.3 Å². The van der Waals surface area contributed by atoms with E-state index in [-0.39, 0.29) is 25.7 Å². The molecule has 0 aromatic rings. The number of esters is 4. The highest BCUT2D eigenvalue weighted by Gasteiger charge is 2.30. The highest BCUT2D eigenvalue weighted by molar-refractivity contribution is 7.47. The molecule has 0 spiro atoms. The van der Waals surface area contributed by atoms with Crippen LogP contribution < -0.4 is 0 Å². The summed E-state index contributed by atoms with van der Waals surface area (Å²) in [6.07, 6.45) is 89.6. The fourth-order valence-corrected chi connectivity index (χ4v) is 12.2. The second-order valence-electron chi connectivity index (χ2n) is 27.0. The van der Waals surface area contributed by atoms with E-state index < -0.39 is 97.5 Å². The van der Waals surface area contributed by atoms with Crippen LogP contribution >= 0.6 is 15.6 Å². The normalized spacial score (nSPS) is 14.6. The van der Waals surface area contributed by atoms with Crippen molar-refractivity contribution in [3.63, 3.8) is 0 Å². The molecule has 2 unspecified atom stereocenters. The van der Waals surface area contributed by atoms with Crippen molar-refractivity contribution >= 4 is 39.5 Å². The van der Waals surface area contributed by atoms with E-state index in [0.29, 0.717) is 25.7 Å². The van der Waals surface area contributed by atoms with Crippen molar-refractivity contribution in [1.82, 2.24) is 0 Å². The van der Waals surface area contributed by atoms with Crippen LogP contribution in [0.2, 0.25) is 0 Å². The second-order valence-corrected chi connectivity index (χ2v) is 29.9. The molecular formula is C87H146O17P2. The van der Waals surface area contributed by atoms with Gasteiger partial charge >= 0.3 is 39.5 Å². The molecule has 0 aromatic carbocycles. The van der Waals surface area contributed by atoms with Crippen molar-refractivity contribution in [2.75, 3.05) is 39.6 Å². The van der Waals surface area contributed by atoms with Crippen molar-refractivity contribution < 1.29 is 80.2 Å². The van der Waals surface area contributed by atoms with Crippen LogP contribution in [0.15, 0.2) is 146 Å². The smallest absolute Gasteiger partial charge is 0.462 e. The maximum Gasteiger partial charge on any atom is 0.472 e. The lowest BCUT2D eigenvalue weighted by atomic mass is 10.0. The summed E-state index contributed by atoms with van der Waals surface area (Å²) in [6.45, 7) is 4.55. The number of ether oxygens (including phenoxy) is 4. The molecule has 106 heavy (non-hydrogen) atoms. The zero-order valence-electron chi connectivity index (χ0n) is 66.3. The number of phosphoric ester groups is 2. The summed E-state index contributed by atoms with van der Waals surface area (Å²) in [6, 6.07) is 0. The summed E-state index contributed by atoms with van der Waals surface area (Å²) in [5, 5.41) is 10.7. The number of aliphatic hydroxyl groups excluding tert-OH is 1. The maximum atomic E-state index is 13.1. The molecule has 0 bridgehead atoms. The molecule has 0 radical (unpaired) electrons. The molecule has 0 amide bonds. The SMILES string of the molecule is CC/C=C\C/C=C\C/C=C\C/C=C\C/C=C\CCCCCC(=O)O[C@H](COC(=O)CCCCCCC/C=C\C/C=C\CCCCC)COP(=O)(O)OC[C@@H](O)COP(=O)(O)OC[C@@H](COC(=O)CCCCCCCCCCCCCCC)OC(=O)CCCCC/C=C\C/C=C\C/C=C\C/C=C\C/C=C\CC. The minimum Gasteiger partial charge on any atom is -0.462 e. The predicted molar refractivity (Wildman–Crippen MR) is 436 cm³/mol. The lowest BCUT2D eigenvalue weighted by Gasteiger charge is -2.21. The van der Waals surface area contributed by atoms with E-state index in [1.165, 1.54) is 77.0 Å². The van der Waals surface area contributed by atoms with Crippen LogP contribution in [0, 0.1) is 0 Å². The van der Waals surface area contributed by atoms with Gasteiger partial charge < -0.3 is 33.8 Å². The average Bonchev–Trinajstić information content (AvgIpc) is 1.23. The van der Waals surface area contributed by atoms with Crippen molar-refractivity contribution in [2.24, 2.45) is 0 Å². The third-order valence-corrected chi connectivity index (χ3v) is 18.7. The molecule has 0 rings (SSSR count). The molecule has 19 heteroatoms. The highest BCUT2D eigenvalue weighted by Crippen LogP contribution is 2.45. The standard InChI is InChI=1S/C87H146O17P2/c1-5-9-13-17-21-25-29-33-36-38-40-42-45-49-53-57-61-65-69-73-86(91)103-82(77-97-84(89)71-67-63-59-55-51-47-32-28-24-20-16-12-8-4)79-101-105(93,94)99-75-81(88)76-100-106(95,96)102-80-83(78-98-85(90)72-68-64-60-56-52-48-44-35-31-27-23-19-15-11-7-3)104-87(92)74-70-66-62-58-54-50-46-43-41-39-37-34-30-26-22-18-14-10-6-2/h9-10,13-14,21-23,25-27,33-37,40-44,49-50,53-54,81-83,88H,5-8,11-12,15-20,24,28-32,38-39,45-48,51-52,55-80H2,1-4H3,(H,93,94)(H,95,96)/b13-9-,14-10-,25-21-,26-22-,27-23-,36-33-,37-34-,42-40-,43-41-,44-35-,53-49-,54-50-/t81-,82+,83+/m0/s1. The van der Waals surface area contributed by atoms with Gasteiger partial charge in [-0.25, -0.2) is 9.13 Å². The van der Waals surface area contributed by atoms with Gasteiger partial charge in [-0.15, -0.1) is 0 Å². The van der Waals surface area contributed by atoms with Gasteiger partial charge in [0, 0.05) is 25.7 Å². The molecule has 606 valence electrons. The molecular weight excluding hydrogens is 1380 g/mol. The molecule has 0 aliphatic rings. The number of unbranched alkanes of at least 4 members (excludes halogenated alkanes) is 26. The van der Waals surface area contributed by atoms with E-state index in [0.717, 1.165) is 167 Å². The Hall–Kier alpha value is -5.06.